The summed E-state index contributed by atoms with van der Waals surface area (Å²) >= 11 is 0. The lowest BCUT2D eigenvalue weighted by molar-refractivity contribution is -0.147. The Labute approximate surface area is 92.6 Å². The number of carbonyl (C=O) groups is 1. The van der Waals surface area contributed by atoms with Crippen LogP contribution in [0.5, 0.6) is 0 Å². The Balaban J connectivity index is 2.26. The molecule has 0 spiro atoms. The normalized spacial score (nSPS) is 21.3. The van der Waals surface area contributed by atoms with Crippen LogP contribution >= 0.6 is 0 Å². The number of hydrogen-bond donors (Lipinski definition) is 1. The molecular weight excluding hydrogens is 190 g/mol. The molecule has 1 rings (SSSR count). The molecule has 1 fully saturated rings. The highest BCUT2D eigenvalue weighted by Gasteiger charge is 2.29. The molecule has 0 saturated heterocycles. The van der Waals surface area contributed by atoms with Crippen LogP contribution in [0.3, 0.4) is 0 Å². The van der Waals surface area contributed by atoms with Crippen molar-refractivity contribution in [2.24, 2.45) is 5.92 Å². The zero-order valence-corrected chi connectivity index (χ0v) is 10.1. The van der Waals surface area contributed by atoms with Gasteiger partial charge in [-0.3, -0.25) is 4.79 Å². The van der Waals surface area contributed by atoms with Crippen molar-refractivity contribution in [1.82, 2.24) is 5.32 Å². The number of nitrogens with one attached hydrogen (secondary N) is 1. The molecule has 0 bridgehead atoms. The predicted octanol–water partition coefficient (Wildman–Crippen LogP) is 2.11. The second kappa shape index (κ2) is 5.50. The lowest BCUT2D eigenvalue weighted by atomic mass is 9.99. The second-order valence-corrected chi connectivity index (χ2v) is 4.80. The van der Waals surface area contributed by atoms with Crippen molar-refractivity contribution >= 4 is 5.97 Å². The maximum Gasteiger partial charge on any atom is 0.309 e. The lowest BCUT2D eigenvalue weighted by Crippen LogP contribution is -2.43. The summed E-state index contributed by atoms with van der Waals surface area (Å²) in [4.78, 5) is 11.4. The zero-order valence-electron chi connectivity index (χ0n) is 10.1. The average molecular weight is 213 g/mol. The van der Waals surface area contributed by atoms with Gasteiger partial charge in [0.1, 0.15) is 0 Å². The summed E-state index contributed by atoms with van der Waals surface area (Å²) in [6, 6.07) is 0. The Kier molecular flexibility index (Phi) is 4.58. The molecule has 1 aliphatic carbocycles. The fraction of sp³-hybridized carbons (Fsp3) is 0.917. The van der Waals surface area contributed by atoms with Crippen LogP contribution in [0.4, 0.5) is 0 Å². The third-order valence-corrected chi connectivity index (χ3v) is 3.23. The molecule has 0 amide bonds. The van der Waals surface area contributed by atoms with E-state index in [4.69, 9.17) is 4.74 Å². The average Bonchev–Trinajstić information content (AvgIpc) is 2.63. The molecule has 3 heteroatoms. The van der Waals surface area contributed by atoms with Gasteiger partial charge >= 0.3 is 5.97 Å². The van der Waals surface area contributed by atoms with E-state index in [1.54, 1.807) is 0 Å². The van der Waals surface area contributed by atoms with E-state index >= 15 is 0 Å². The van der Waals surface area contributed by atoms with Crippen molar-refractivity contribution in [2.75, 3.05) is 13.2 Å². The molecule has 1 aliphatic rings. The van der Waals surface area contributed by atoms with Gasteiger partial charge in [0.2, 0.25) is 0 Å². The van der Waals surface area contributed by atoms with Gasteiger partial charge in [-0.25, -0.2) is 0 Å². The molecular formula is C12H23NO2. The monoisotopic (exact) mass is 213 g/mol. The highest BCUT2D eigenvalue weighted by Crippen LogP contribution is 2.28. The highest BCUT2D eigenvalue weighted by molar-refractivity contribution is 5.72. The molecule has 15 heavy (non-hydrogen) atoms. The van der Waals surface area contributed by atoms with E-state index in [-0.39, 0.29) is 17.4 Å². The van der Waals surface area contributed by atoms with E-state index in [0.717, 1.165) is 6.54 Å². The van der Waals surface area contributed by atoms with Gasteiger partial charge in [-0.15, -0.1) is 0 Å². The Hall–Kier alpha value is -0.570. The number of esters is 1. The first-order valence-electron chi connectivity index (χ1n) is 5.99. The third kappa shape index (κ3) is 3.82. The summed E-state index contributed by atoms with van der Waals surface area (Å²) in [5, 5.41) is 3.50. The smallest absolute Gasteiger partial charge is 0.309 e. The van der Waals surface area contributed by atoms with Crippen LogP contribution in [0, 0.1) is 5.92 Å². The largest absolute Gasteiger partial charge is 0.466 e. The minimum atomic E-state index is -0.0911. The first-order valence-corrected chi connectivity index (χ1v) is 5.99. The minimum absolute atomic E-state index is 0.0395. The van der Waals surface area contributed by atoms with Gasteiger partial charge in [0, 0.05) is 12.1 Å². The Morgan fingerprint density at radius 3 is 2.60 bits per heavy atom. The lowest BCUT2D eigenvalue weighted by Gasteiger charge is -2.26. The van der Waals surface area contributed by atoms with Crippen LogP contribution in [0.2, 0.25) is 0 Å². The molecule has 0 aromatic rings. The number of ether oxygens (including phenoxy) is 1. The van der Waals surface area contributed by atoms with Crippen LogP contribution in [-0.4, -0.2) is 24.7 Å². The van der Waals surface area contributed by atoms with Crippen LogP contribution in [-0.2, 0) is 9.53 Å². The number of hydrogen-bond acceptors (Lipinski definition) is 3. The molecule has 3 nitrogen and oxygen atoms in total. The van der Waals surface area contributed by atoms with Gasteiger partial charge in [0.15, 0.2) is 0 Å². The van der Waals surface area contributed by atoms with Crippen LogP contribution < -0.4 is 5.32 Å². The number of carbonyl (C=O) groups excluding carboxylic acids is 1. The van der Waals surface area contributed by atoms with Gasteiger partial charge in [0.05, 0.1) is 12.5 Å². The molecule has 0 aliphatic heterocycles. The van der Waals surface area contributed by atoms with Crippen molar-refractivity contribution < 1.29 is 9.53 Å². The van der Waals surface area contributed by atoms with E-state index in [2.05, 4.69) is 12.2 Å². The van der Waals surface area contributed by atoms with E-state index in [0.29, 0.717) is 6.61 Å². The predicted molar refractivity (Wildman–Crippen MR) is 60.7 cm³/mol. The maximum absolute atomic E-state index is 11.4. The number of rotatable bonds is 5. The first-order chi connectivity index (χ1) is 7.07. The Morgan fingerprint density at radius 2 is 2.07 bits per heavy atom. The Bertz CT molecular complexity index is 210. The third-order valence-electron chi connectivity index (χ3n) is 3.23. The topological polar surface area (TPSA) is 38.3 Å². The van der Waals surface area contributed by atoms with Gasteiger partial charge in [-0.1, -0.05) is 19.8 Å². The summed E-state index contributed by atoms with van der Waals surface area (Å²) in [5.41, 5.74) is 0.251. The summed E-state index contributed by atoms with van der Waals surface area (Å²) in [6.07, 6.45) is 5.06. The SMILES string of the molecule is CCOC(=O)C(C)CNC1(C)CCCC1. The van der Waals surface area contributed by atoms with Crippen molar-refractivity contribution in [1.29, 1.82) is 0 Å². The van der Waals surface area contributed by atoms with Crippen LogP contribution in [0.15, 0.2) is 0 Å². The minimum Gasteiger partial charge on any atom is -0.466 e. The quantitative estimate of drug-likeness (QED) is 0.711. The van der Waals surface area contributed by atoms with E-state index in [1.165, 1.54) is 25.7 Å². The molecule has 0 radical (unpaired) electrons. The molecule has 1 unspecified atom stereocenters. The molecule has 1 saturated carbocycles. The molecule has 0 aromatic carbocycles. The van der Waals surface area contributed by atoms with Gasteiger partial charge in [0.25, 0.3) is 0 Å². The van der Waals surface area contributed by atoms with E-state index < -0.39 is 0 Å². The van der Waals surface area contributed by atoms with Gasteiger partial charge < -0.3 is 10.1 Å². The second-order valence-electron chi connectivity index (χ2n) is 4.80. The van der Waals surface area contributed by atoms with Crippen molar-refractivity contribution in [3.63, 3.8) is 0 Å². The maximum atomic E-state index is 11.4. The Morgan fingerprint density at radius 1 is 1.47 bits per heavy atom. The first kappa shape index (κ1) is 12.5. The standard InChI is InChI=1S/C12H23NO2/c1-4-15-11(14)10(2)9-13-12(3)7-5-6-8-12/h10,13H,4-9H2,1-3H3. The molecule has 1 N–H and O–H groups in total. The van der Waals surface area contributed by atoms with E-state index in [1.807, 2.05) is 13.8 Å². The molecule has 0 heterocycles. The van der Waals surface area contributed by atoms with Crippen molar-refractivity contribution in [2.45, 2.75) is 52.0 Å². The summed E-state index contributed by atoms with van der Waals surface area (Å²) < 4.78 is 4.97. The fourth-order valence-electron chi connectivity index (χ4n) is 2.10. The summed E-state index contributed by atoms with van der Waals surface area (Å²) in [5.74, 6) is -0.131. The highest BCUT2D eigenvalue weighted by atomic mass is 16.5. The molecule has 1 atom stereocenters. The summed E-state index contributed by atoms with van der Waals surface area (Å²) in [6.45, 7) is 7.22. The summed E-state index contributed by atoms with van der Waals surface area (Å²) in [7, 11) is 0. The zero-order chi connectivity index (χ0) is 11.3. The van der Waals surface area contributed by atoms with Crippen molar-refractivity contribution in [3.8, 4) is 0 Å². The van der Waals surface area contributed by atoms with Crippen molar-refractivity contribution in [3.05, 3.63) is 0 Å². The molecule has 88 valence electrons. The van der Waals surface area contributed by atoms with Crippen LogP contribution in [0.1, 0.15) is 46.5 Å². The van der Waals surface area contributed by atoms with Crippen LogP contribution in [0.25, 0.3) is 0 Å². The van der Waals surface area contributed by atoms with E-state index in [9.17, 15) is 4.79 Å². The van der Waals surface area contributed by atoms with Gasteiger partial charge in [-0.05, 0) is 26.7 Å². The molecule has 0 aromatic heterocycles. The van der Waals surface area contributed by atoms with Gasteiger partial charge in [-0.2, -0.15) is 0 Å². The fourth-order valence-corrected chi connectivity index (χ4v) is 2.10.